The molecule has 2 aliphatic heterocycles. The monoisotopic (exact) mass is 542 g/mol. The van der Waals surface area contributed by atoms with Crippen LogP contribution in [0.15, 0.2) is 103 Å². The van der Waals surface area contributed by atoms with E-state index in [2.05, 4.69) is 45.1 Å². The third-order valence-electron chi connectivity index (χ3n) is 7.71. The summed E-state index contributed by atoms with van der Waals surface area (Å²) in [5.74, 6) is -0.385. The predicted molar refractivity (Wildman–Crippen MR) is 165 cm³/mol. The van der Waals surface area contributed by atoms with E-state index < -0.39 is 0 Å². The van der Waals surface area contributed by atoms with Gasteiger partial charge in [-0.15, -0.1) is 0 Å². The van der Waals surface area contributed by atoms with Gasteiger partial charge in [0.15, 0.2) is 0 Å². The first-order valence-corrected chi connectivity index (χ1v) is 14.3. The highest BCUT2D eigenvalue weighted by Crippen LogP contribution is 2.38. The Morgan fingerprint density at radius 1 is 0.756 bits per heavy atom. The molecular weight excluding hydrogens is 508 g/mol. The van der Waals surface area contributed by atoms with E-state index in [-0.39, 0.29) is 11.8 Å². The van der Waals surface area contributed by atoms with Crippen molar-refractivity contribution in [3.05, 3.63) is 131 Å². The molecule has 0 saturated carbocycles. The fourth-order valence-electron chi connectivity index (χ4n) is 5.54. The average Bonchev–Trinajstić information content (AvgIpc) is 3.35. The molecule has 0 atom stereocenters. The lowest BCUT2D eigenvalue weighted by atomic mass is 9.98. The summed E-state index contributed by atoms with van der Waals surface area (Å²) in [6, 6.07) is 33.5. The molecule has 6 heteroatoms. The SMILES string of the molecule is O=C1Nc2cc(C(=O)NCc3ccccc3)ccc2C1=C(Nc1ccc(CN2CCCCC2)cc1)c1ccccc1. The molecule has 1 saturated heterocycles. The van der Waals surface area contributed by atoms with Crippen LogP contribution in [0.5, 0.6) is 0 Å². The Labute approximate surface area is 241 Å². The predicted octanol–water partition coefficient (Wildman–Crippen LogP) is 6.54. The summed E-state index contributed by atoms with van der Waals surface area (Å²) in [7, 11) is 0. The average molecular weight is 543 g/mol. The Balaban J connectivity index is 1.26. The fourth-order valence-corrected chi connectivity index (χ4v) is 5.54. The molecular formula is C35H34N4O2. The van der Waals surface area contributed by atoms with Crippen molar-refractivity contribution in [3.63, 3.8) is 0 Å². The van der Waals surface area contributed by atoms with E-state index >= 15 is 0 Å². The van der Waals surface area contributed by atoms with E-state index in [9.17, 15) is 9.59 Å². The van der Waals surface area contributed by atoms with Crippen LogP contribution in [0.4, 0.5) is 11.4 Å². The van der Waals surface area contributed by atoms with Gasteiger partial charge in [-0.05, 0) is 66.9 Å². The lowest BCUT2D eigenvalue weighted by molar-refractivity contribution is -0.110. The number of benzene rings is 4. The molecule has 0 bridgehead atoms. The number of nitrogens with one attached hydrogen (secondary N) is 3. The van der Waals surface area contributed by atoms with E-state index in [0.29, 0.717) is 23.4 Å². The molecule has 206 valence electrons. The lowest BCUT2D eigenvalue weighted by Gasteiger charge is -2.26. The second kappa shape index (κ2) is 12.2. The zero-order valence-corrected chi connectivity index (χ0v) is 23.0. The van der Waals surface area contributed by atoms with Gasteiger partial charge < -0.3 is 16.0 Å². The van der Waals surface area contributed by atoms with Crippen molar-refractivity contribution < 1.29 is 9.59 Å². The summed E-state index contributed by atoms with van der Waals surface area (Å²) in [4.78, 5) is 28.8. The summed E-state index contributed by atoms with van der Waals surface area (Å²) >= 11 is 0. The van der Waals surface area contributed by atoms with Crippen LogP contribution in [0.1, 0.15) is 51.9 Å². The van der Waals surface area contributed by atoms with Gasteiger partial charge in [-0.1, -0.05) is 85.3 Å². The Morgan fingerprint density at radius 2 is 1.46 bits per heavy atom. The maximum Gasteiger partial charge on any atom is 0.258 e. The van der Waals surface area contributed by atoms with E-state index in [1.54, 1.807) is 12.1 Å². The molecule has 41 heavy (non-hydrogen) atoms. The zero-order valence-electron chi connectivity index (χ0n) is 23.0. The molecule has 1 fully saturated rings. The third kappa shape index (κ3) is 6.23. The maximum atomic E-state index is 13.4. The second-order valence-electron chi connectivity index (χ2n) is 10.7. The highest BCUT2D eigenvalue weighted by Gasteiger charge is 2.29. The summed E-state index contributed by atoms with van der Waals surface area (Å²) in [5, 5.41) is 9.49. The fraction of sp³-hybridized carbons (Fsp3) is 0.200. The quantitative estimate of drug-likeness (QED) is 0.221. The van der Waals surface area contributed by atoms with Gasteiger partial charge in [0, 0.05) is 35.6 Å². The van der Waals surface area contributed by atoms with Crippen molar-refractivity contribution in [2.75, 3.05) is 23.7 Å². The number of piperidine rings is 1. The Hall–Kier alpha value is -4.68. The number of fused-ring (bicyclic) bond motifs is 1. The van der Waals surface area contributed by atoms with Gasteiger partial charge in [0.1, 0.15) is 0 Å². The Kier molecular flexibility index (Phi) is 7.92. The molecule has 2 amide bonds. The number of carbonyl (C=O) groups is 2. The summed E-state index contributed by atoms with van der Waals surface area (Å²) < 4.78 is 0. The van der Waals surface area contributed by atoms with Crippen LogP contribution in [0.2, 0.25) is 0 Å². The van der Waals surface area contributed by atoms with E-state index in [0.717, 1.165) is 47.7 Å². The summed E-state index contributed by atoms with van der Waals surface area (Å²) in [6.07, 6.45) is 3.88. The van der Waals surface area contributed by atoms with Crippen LogP contribution in [0, 0.1) is 0 Å². The topological polar surface area (TPSA) is 73.5 Å². The van der Waals surface area contributed by atoms with E-state index in [4.69, 9.17) is 0 Å². The number of rotatable bonds is 8. The van der Waals surface area contributed by atoms with Gasteiger partial charge in [0.2, 0.25) is 0 Å². The highest BCUT2D eigenvalue weighted by atomic mass is 16.2. The molecule has 6 nitrogen and oxygen atoms in total. The van der Waals surface area contributed by atoms with Gasteiger partial charge in [-0.25, -0.2) is 0 Å². The highest BCUT2D eigenvalue weighted by molar-refractivity contribution is 6.37. The number of carbonyl (C=O) groups excluding carboxylic acids is 2. The van der Waals surface area contributed by atoms with Crippen LogP contribution >= 0.6 is 0 Å². The lowest BCUT2D eigenvalue weighted by Crippen LogP contribution is -2.29. The van der Waals surface area contributed by atoms with Gasteiger partial charge in [0.05, 0.1) is 11.3 Å². The van der Waals surface area contributed by atoms with Crippen molar-refractivity contribution in [1.82, 2.24) is 10.2 Å². The minimum Gasteiger partial charge on any atom is -0.354 e. The number of hydrogen-bond donors (Lipinski definition) is 3. The van der Waals surface area contributed by atoms with Gasteiger partial charge in [-0.3, -0.25) is 14.5 Å². The number of anilines is 2. The van der Waals surface area contributed by atoms with Crippen molar-refractivity contribution in [2.45, 2.75) is 32.4 Å². The summed E-state index contributed by atoms with van der Waals surface area (Å²) in [5.41, 5.74) is 7.31. The summed E-state index contributed by atoms with van der Waals surface area (Å²) in [6.45, 7) is 3.72. The minimum atomic E-state index is -0.199. The second-order valence-corrected chi connectivity index (χ2v) is 10.7. The molecule has 2 aliphatic rings. The Morgan fingerprint density at radius 3 is 2.20 bits per heavy atom. The molecule has 0 unspecified atom stereocenters. The molecule has 0 aliphatic carbocycles. The van der Waals surface area contributed by atoms with Crippen molar-refractivity contribution >= 4 is 34.5 Å². The van der Waals surface area contributed by atoms with Crippen molar-refractivity contribution in [2.24, 2.45) is 0 Å². The first kappa shape index (κ1) is 26.5. The first-order valence-electron chi connectivity index (χ1n) is 14.3. The molecule has 6 rings (SSSR count). The number of nitrogens with zero attached hydrogens (tertiary/aromatic N) is 1. The van der Waals surface area contributed by atoms with Crippen LogP contribution in [0.25, 0.3) is 11.3 Å². The van der Waals surface area contributed by atoms with Gasteiger partial charge in [0.25, 0.3) is 11.8 Å². The zero-order chi connectivity index (χ0) is 28.0. The molecule has 0 aromatic heterocycles. The van der Waals surface area contributed by atoms with E-state index in [1.807, 2.05) is 66.7 Å². The molecule has 2 heterocycles. The molecule has 4 aromatic rings. The van der Waals surface area contributed by atoms with Crippen molar-refractivity contribution in [1.29, 1.82) is 0 Å². The van der Waals surface area contributed by atoms with Crippen LogP contribution in [0.3, 0.4) is 0 Å². The first-order chi connectivity index (χ1) is 20.1. The van der Waals surface area contributed by atoms with Crippen LogP contribution in [-0.2, 0) is 17.9 Å². The molecule has 0 radical (unpaired) electrons. The maximum absolute atomic E-state index is 13.4. The number of hydrogen-bond acceptors (Lipinski definition) is 4. The van der Waals surface area contributed by atoms with Crippen LogP contribution < -0.4 is 16.0 Å². The molecule has 3 N–H and O–H groups in total. The van der Waals surface area contributed by atoms with Gasteiger partial charge in [-0.2, -0.15) is 0 Å². The third-order valence-corrected chi connectivity index (χ3v) is 7.71. The van der Waals surface area contributed by atoms with Crippen molar-refractivity contribution in [3.8, 4) is 0 Å². The molecule has 0 spiro atoms. The number of amides is 2. The molecule has 4 aromatic carbocycles. The van der Waals surface area contributed by atoms with Gasteiger partial charge >= 0.3 is 0 Å². The van der Waals surface area contributed by atoms with E-state index in [1.165, 1.54) is 24.8 Å². The largest absolute Gasteiger partial charge is 0.354 e. The number of likely N-dealkylation sites (tertiary alicyclic amines) is 1. The smallest absolute Gasteiger partial charge is 0.258 e. The minimum absolute atomic E-state index is 0.186. The Bertz CT molecular complexity index is 1560. The van der Waals surface area contributed by atoms with Crippen LogP contribution in [-0.4, -0.2) is 29.8 Å². The normalized spacial score (nSPS) is 16.0. The standard InChI is InChI=1S/C35H34N4O2/c40-34(36-23-25-10-4-1-5-11-25)28-16-19-30-31(22-28)38-35(41)32(30)33(27-12-6-2-7-13-27)37-29-17-14-26(15-18-29)24-39-20-8-3-9-21-39/h1-2,4-7,10-19,22,37H,3,8-9,20-21,23-24H2,(H,36,40)(H,38,41).